The zero-order chi connectivity index (χ0) is 20.4. The van der Waals surface area contributed by atoms with Gasteiger partial charge in [-0.2, -0.15) is 0 Å². The molecule has 0 amide bonds. The molecule has 0 bridgehead atoms. The molecule has 2 atom stereocenters. The molecular weight excluding hydrogens is 381 g/mol. The Labute approximate surface area is 166 Å². The number of aryl methyl sites for hydroxylation is 2. The van der Waals surface area contributed by atoms with E-state index in [2.05, 4.69) is 15.3 Å². The number of fused-ring (bicyclic) bond motifs is 1. The number of carbonyl (C=O) groups excluding carboxylic acids is 1. The van der Waals surface area contributed by atoms with Crippen LogP contribution < -0.4 is 5.32 Å². The zero-order valence-electron chi connectivity index (χ0n) is 16.1. The molecule has 2 aromatic heterocycles. The third kappa shape index (κ3) is 3.98. The summed E-state index contributed by atoms with van der Waals surface area (Å²) in [7, 11) is 0. The number of nitrogens with one attached hydrogen (secondary N) is 1. The summed E-state index contributed by atoms with van der Waals surface area (Å²) in [4.78, 5) is 22.3. The van der Waals surface area contributed by atoms with E-state index >= 15 is 0 Å². The predicted molar refractivity (Wildman–Crippen MR) is 107 cm³/mol. The molecule has 148 valence electrons. The summed E-state index contributed by atoms with van der Waals surface area (Å²) in [6, 6.07) is 5.31. The number of benzene rings is 1. The quantitative estimate of drug-likeness (QED) is 0.601. The maximum Gasteiger partial charge on any atom is 0.348 e. The van der Waals surface area contributed by atoms with Crippen molar-refractivity contribution in [3.63, 3.8) is 0 Å². The second-order valence-electron chi connectivity index (χ2n) is 6.51. The molecule has 0 aliphatic carbocycles. The first-order valence-corrected chi connectivity index (χ1v) is 9.78. The summed E-state index contributed by atoms with van der Waals surface area (Å²) in [6.07, 6.45) is -0.866. The first-order chi connectivity index (χ1) is 13.3. The lowest BCUT2D eigenvalue weighted by molar-refractivity contribution is 0.0531. The van der Waals surface area contributed by atoms with Gasteiger partial charge in [0.15, 0.2) is 0 Å². The van der Waals surface area contributed by atoms with Gasteiger partial charge >= 0.3 is 5.97 Å². The number of aliphatic hydroxyl groups is 1. The Balaban J connectivity index is 1.95. The molecule has 2 N–H and O–H groups in total. The van der Waals surface area contributed by atoms with Crippen LogP contribution in [0.1, 0.15) is 46.6 Å². The summed E-state index contributed by atoms with van der Waals surface area (Å²) in [5.74, 6) is 0.353. The number of hydrogen-bond acceptors (Lipinski definition) is 7. The topological polar surface area (TPSA) is 84.3 Å². The van der Waals surface area contributed by atoms with Crippen LogP contribution in [0.4, 0.5) is 10.2 Å². The van der Waals surface area contributed by atoms with E-state index in [1.54, 1.807) is 26.0 Å². The van der Waals surface area contributed by atoms with E-state index in [4.69, 9.17) is 4.74 Å². The minimum absolute atomic E-state index is 0.295. The van der Waals surface area contributed by atoms with Crippen molar-refractivity contribution in [2.75, 3.05) is 11.9 Å². The van der Waals surface area contributed by atoms with Gasteiger partial charge in [-0.25, -0.2) is 19.2 Å². The van der Waals surface area contributed by atoms with E-state index in [1.165, 1.54) is 23.5 Å². The number of thiophene rings is 1. The van der Waals surface area contributed by atoms with Crippen molar-refractivity contribution < 1.29 is 19.0 Å². The molecule has 0 aliphatic heterocycles. The second kappa shape index (κ2) is 8.20. The third-order valence-electron chi connectivity index (χ3n) is 4.41. The normalized spacial score (nSPS) is 13.4. The summed E-state index contributed by atoms with van der Waals surface area (Å²) < 4.78 is 18.3. The van der Waals surface area contributed by atoms with E-state index < -0.39 is 12.1 Å². The van der Waals surface area contributed by atoms with Crippen LogP contribution in [0.15, 0.2) is 24.3 Å². The molecule has 1 aromatic carbocycles. The van der Waals surface area contributed by atoms with Crippen molar-refractivity contribution in [2.45, 2.75) is 39.8 Å². The Bertz CT molecular complexity index is 1000. The van der Waals surface area contributed by atoms with Crippen LogP contribution in [0.3, 0.4) is 0 Å². The number of rotatable bonds is 6. The first-order valence-electron chi connectivity index (χ1n) is 8.96. The van der Waals surface area contributed by atoms with E-state index in [-0.39, 0.29) is 11.8 Å². The minimum Gasteiger partial charge on any atom is -0.462 e. The summed E-state index contributed by atoms with van der Waals surface area (Å²) in [5.41, 5.74) is 1.34. The van der Waals surface area contributed by atoms with Gasteiger partial charge in [-0.05, 0) is 51.0 Å². The van der Waals surface area contributed by atoms with E-state index in [1.807, 2.05) is 13.8 Å². The van der Waals surface area contributed by atoms with Crippen LogP contribution in [0.25, 0.3) is 10.2 Å². The molecule has 0 fully saturated rings. The average Bonchev–Trinajstić information content (AvgIpc) is 2.98. The lowest BCUT2D eigenvalue weighted by Gasteiger charge is -2.22. The molecule has 0 radical (unpaired) electrons. The van der Waals surface area contributed by atoms with Gasteiger partial charge in [0, 0.05) is 0 Å². The number of aliphatic hydroxyl groups excluding tert-OH is 1. The molecule has 3 rings (SSSR count). The minimum atomic E-state index is -0.866. The molecule has 3 aromatic rings. The summed E-state index contributed by atoms with van der Waals surface area (Å²) >= 11 is 1.26. The van der Waals surface area contributed by atoms with Gasteiger partial charge in [0.05, 0.1) is 24.1 Å². The molecule has 2 heterocycles. The molecule has 0 spiro atoms. The molecule has 8 heteroatoms. The second-order valence-corrected chi connectivity index (χ2v) is 7.50. The highest BCUT2D eigenvalue weighted by atomic mass is 32.1. The highest BCUT2D eigenvalue weighted by Gasteiger charge is 2.23. The SMILES string of the molecule is CCOC(=O)c1sc2nc(C)nc(NC(C)C(O)c3ccc(F)cc3)c2c1C. The van der Waals surface area contributed by atoms with Crippen LogP contribution in [0.5, 0.6) is 0 Å². The Hall–Kier alpha value is -2.58. The van der Waals surface area contributed by atoms with Crippen molar-refractivity contribution in [1.82, 2.24) is 9.97 Å². The molecular formula is C20H22FN3O3S. The van der Waals surface area contributed by atoms with E-state index in [0.29, 0.717) is 33.5 Å². The maximum absolute atomic E-state index is 13.1. The van der Waals surface area contributed by atoms with Crippen molar-refractivity contribution in [3.05, 3.63) is 51.9 Å². The fourth-order valence-corrected chi connectivity index (χ4v) is 4.10. The van der Waals surface area contributed by atoms with Gasteiger partial charge in [0.1, 0.15) is 27.2 Å². The molecule has 0 saturated heterocycles. The lowest BCUT2D eigenvalue weighted by atomic mass is 10.0. The predicted octanol–water partition coefficient (Wildman–Crippen LogP) is 4.16. The number of carbonyl (C=O) groups is 1. The molecule has 0 saturated carbocycles. The Kier molecular flexibility index (Phi) is 5.90. The number of esters is 1. The number of halogens is 1. The van der Waals surface area contributed by atoms with Crippen molar-refractivity contribution in [2.24, 2.45) is 0 Å². The number of anilines is 1. The first kappa shape index (κ1) is 20.2. The standard InChI is InChI=1S/C20H22FN3O3S/c1-5-27-20(26)17-10(2)15-18(23-12(4)24-19(15)28-17)22-11(3)16(25)13-6-8-14(21)9-7-13/h6-9,11,16,25H,5H2,1-4H3,(H,22,23,24). The number of aromatic nitrogens is 2. The smallest absolute Gasteiger partial charge is 0.348 e. The Morgan fingerprint density at radius 1 is 1.29 bits per heavy atom. The Morgan fingerprint density at radius 3 is 2.61 bits per heavy atom. The maximum atomic E-state index is 13.1. The monoisotopic (exact) mass is 403 g/mol. The van der Waals surface area contributed by atoms with Crippen molar-refractivity contribution in [3.8, 4) is 0 Å². The van der Waals surface area contributed by atoms with Gasteiger partial charge in [0.25, 0.3) is 0 Å². The largest absolute Gasteiger partial charge is 0.462 e. The van der Waals surface area contributed by atoms with Crippen LogP contribution in [-0.2, 0) is 4.74 Å². The third-order valence-corrected chi connectivity index (χ3v) is 5.58. The average molecular weight is 403 g/mol. The van der Waals surface area contributed by atoms with Crippen molar-refractivity contribution in [1.29, 1.82) is 0 Å². The lowest BCUT2D eigenvalue weighted by Crippen LogP contribution is -2.25. The summed E-state index contributed by atoms with van der Waals surface area (Å²) in [6.45, 7) is 7.46. The van der Waals surface area contributed by atoms with E-state index in [0.717, 1.165) is 10.9 Å². The summed E-state index contributed by atoms with van der Waals surface area (Å²) in [5, 5.41) is 14.6. The van der Waals surface area contributed by atoms with Gasteiger partial charge in [-0.15, -0.1) is 11.3 Å². The zero-order valence-corrected chi connectivity index (χ0v) is 16.9. The number of ether oxygens (including phenoxy) is 1. The van der Waals surface area contributed by atoms with Crippen molar-refractivity contribution >= 4 is 33.3 Å². The molecule has 0 aliphatic rings. The molecule has 2 unspecified atom stereocenters. The van der Waals surface area contributed by atoms with Gasteiger partial charge in [-0.1, -0.05) is 12.1 Å². The van der Waals surface area contributed by atoms with Crippen LogP contribution in [0, 0.1) is 19.7 Å². The highest BCUT2D eigenvalue weighted by molar-refractivity contribution is 7.20. The van der Waals surface area contributed by atoms with Crippen LogP contribution >= 0.6 is 11.3 Å². The van der Waals surface area contributed by atoms with E-state index in [9.17, 15) is 14.3 Å². The fourth-order valence-electron chi connectivity index (χ4n) is 2.98. The Morgan fingerprint density at radius 2 is 1.96 bits per heavy atom. The number of nitrogens with zero attached hydrogens (tertiary/aromatic N) is 2. The van der Waals surface area contributed by atoms with Crippen LogP contribution in [-0.4, -0.2) is 33.7 Å². The van der Waals surface area contributed by atoms with Gasteiger partial charge in [-0.3, -0.25) is 0 Å². The fraction of sp³-hybridized carbons (Fsp3) is 0.350. The highest BCUT2D eigenvalue weighted by Crippen LogP contribution is 2.35. The van der Waals surface area contributed by atoms with Gasteiger partial charge in [0.2, 0.25) is 0 Å². The molecule has 6 nitrogen and oxygen atoms in total. The van der Waals surface area contributed by atoms with Crippen LogP contribution in [0.2, 0.25) is 0 Å². The number of hydrogen-bond donors (Lipinski definition) is 2. The molecule has 28 heavy (non-hydrogen) atoms. The van der Waals surface area contributed by atoms with Gasteiger partial charge < -0.3 is 15.2 Å².